The third kappa shape index (κ3) is 1.25. The maximum atomic E-state index is 11.9. The predicted molar refractivity (Wildman–Crippen MR) is 59.8 cm³/mol. The molecule has 1 heterocycles. The van der Waals surface area contributed by atoms with Gasteiger partial charge >= 0.3 is 5.97 Å². The van der Waals surface area contributed by atoms with Gasteiger partial charge in [-0.1, -0.05) is 6.07 Å². The maximum Gasteiger partial charge on any atom is 0.337 e. The van der Waals surface area contributed by atoms with Crippen LogP contribution in [0.3, 0.4) is 0 Å². The summed E-state index contributed by atoms with van der Waals surface area (Å²) in [6.45, 7) is 2.36. The van der Waals surface area contributed by atoms with E-state index in [1.807, 2.05) is 6.92 Å². The second-order valence-electron chi connectivity index (χ2n) is 3.55. The van der Waals surface area contributed by atoms with E-state index < -0.39 is 5.97 Å². The van der Waals surface area contributed by atoms with Gasteiger partial charge in [0.05, 0.1) is 16.5 Å². The van der Waals surface area contributed by atoms with Crippen molar-refractivity contribution in [2.24, 2.45) is 7.05 Å². The third-order valence-electron chi connectivity index (χ3n) is 2.72. The first kappa shape index (κ1) is 10.5. The summed E-state index contributed by atoms with van der Waals surface area (Å²) in [4.78, 5) is 23.0. The predicted octanol–water partition coefficient (Wildman–Crippen LogP) is 1.06. The zero-order valence-corrected chi connectivity index (χ0v) is 9.10. The highest BCUT2D eigenvalue weighted by atomic mass is 16.4. The van der Waals surface area contributed by atoms with Crippen LogP contribution in [-0.2, 0) is 13.6 Å². The number of hydrogen-bond donors (Lipinski definition) is 1. The number of hydrogen-bond acceptors (Lipinski definition) is 2. The highest BCUT2D eigenvalue weighted by molar-refractivity contribution is 6.01. The molecule has 2 aromatic rings. The van der Waals surface area contributed by atoms with Crippen LogP contribution < -0.4 is 5.56 Å². The Hall–Kier alpha value is -2.04. The fourth-order valence-electron chi connectivity index (χ4n) is 1.99. The van der Waals surface area contributed by atoms with Gasteiger partial charge in [0, 0.05) is 13.6 Å². The highest BCUT2D eigenvalue weighted by Gasteiger charge is 2.16. The molecule has 1 aromatic carbocycles. The number of rotatable bonds is 2. The van der Waals surface area contributed by atoms with Crippen molar-refractivity contribution in [3.63, 3.8) is 0 Å². The van der Waals surface area contributed by atoms with Gasteiger partial charge in [-0.05, 0) is 19.1 Å². The van der Waals surface area contributed by atoms with Crippen molar-refractivity contribution in [2.75, 3.05) is 0 Å². The molecule has 0 radical (unpaired) electrons. The summed E-state index contributed by atoms with van der Waals surface area (Å²) in [5.41, 5.74) is 0.481. The number of aromatic nitrogens is 2. The molecule has 0 amide bonds. The van der Waals surface area contributed by atoms with E-state index in [2.05, 4.69) is 0 Å². The van der Waals surface area contributed by atoms with Crippen molar-refractivity contribution >= 4 is 16.9 Å². The van der Waals surface area contributed by atoms with Gasteiger partial charge in [-0.25, -0.2) is 4.79 Å². The van der Waals surface area contributed by atoms with Gasteiger partial charge in [0.15, 0.2) is 0 Å². The lowest BCUT2D eigenvalue weighted by molar-refractivity contribution is 0.0698. The molecule has 0 bridgehead atoms. The fraction of sp³-hybridized carbons (Fsp3) is 0.273. The van der Waals surface area contributed by atoms with Gasteiger partial charge in [-0.3, -0.25) is 14.2 Å². The molecule has 5 heteroatoms. The molecule has 0 saturated carbocycles. The largest absolute Gasteiger partial charge is 0.478 e. The second kappa shape index (κ2) is 3.52. The van der Waals surface area contributed by atoms with Crippen LogP contribution in [0.2, 0.25) is 0 Å². The standard InChI is InChI=1S/C11H12N2O3/c1-3-13-10(14)7-5-4-6-8(11(15)16)9(7)12(13)2/h4-6H,3H2,1-2H3,(H,15,16). The Bertz CT molecular complexity index is 622. The normalized spacial score (nSPS) is 10.9. The number of aryl methyl sites for hydroxylation is 1. The van der Waals surface area contributed by atoms with E-state index in [9.17, 15) is 9.59 Å². The van der Waals surface area contributed by atoms with Crippen molar-refractivity contribution in [1.29, 1.82) is 0 Å². The molecule has 5 nitrogen and oxygen atoms in total. The third-order valence-corrected chi connectivity index (χ3v) is 2.72. The lowest BCUT2D eigenvalue weighted by Gasteiger charge is -2.05. The molecule has 0 fully saturated rings. The van der Waals surface area contributed by atoms with Crippen molar-refractivity contribution < 1.29 is 9.90 Å². The zero-order valence-electron chi connectivity index (χ0n) is 9.10. The van der Waals surface area contributed by atoms with E-state index in [-0.39, 0.29) is 11.1 Å². The molecule has 0 aliphatic carbocycles. The maximum absolute atomic E-state index is 11.9. The Kier molecular flexibility index (Phi) is 2.30. The molecule has 0 atom stereocenters. The molecule has 0 saturated heterocycles. The first-order chi connectivity index (χ1) is 7.57. The zero-order chi connectivity index (χ0) is 11.9. The number of para-hydroxylation sites is 1. The number of benzene rings is 1. The van der Waals surface area contributed by atoms with E-state index in [4.69, 9.17) is 5.11 Å². The van der Waals surface area contributed by atoms with Gasteiger partial charge in [0.1, 0.15) is 0 Å². The van der Waals surface area contributed by atoms with Crippen LogP contribution in [0.4, 0.5) is 0 Å². The Morgan fingerprint density at radius 2 is 2.12 bits per heavy atom. The second-order valence-corrected chi connectivity index (χ2v) is 3.55. The molecule has 0 aliphatic rings. The number of carboxylic acids is 1. The number of carboxylic acid groups (broad SMARTS) is 1. The molecule has 2 rings (SSSR count). The fourth-order valence-corrected chi connectivity index (χ4v) is 1.99. The van der Waals surface area contributed by atoms with Crippen LogP contribution >= 0.6 is 0 Å². The number of carbonyl (C=O) groups is 1. The Morgan fingerprint density at radius 3 is 2.69 bits per heavy atom. The average Bonchev–Trinajstić information content (AvgIpc) is 2.51. The van der Waals surface area contributed by atoms with Crippen molar-refractivity contribution in [1.82, 2.24) is 9.36 Å². The molecule has 1 N–H and O–H groups in total. The van der Waals surface area contributed by atoms with Gasteiger partial charge in [0.2, 0.25) is 0 Å². The van der Waals surface area contributed by atoms with E-state index in [1.165, 1.54) is 10.7 Å². The van der Waals surface area contributed by atoms with Gasteiger partial charge in [-0.2, -0.15) is 0 Å². The lowest BCUT2D eigenvalue weighted by Crippen LogP contribution is -2.19. The molecule has 16 heavy (non-hydrogen) atoms. The minimum atomic E-state index is -1.02. The summed E-state index contributed by atoms with van der Waals surface area (Å²) in [6, 6.07) is 4.74. The number of fused-ring (bicyclic) bond motifs is 1. The van der Waals surface area contributed by atoms with Gasteiger partial charge in [0.25, 0.3) is 5.56 Å². The SMILES string of the molecule is CCn1c(=O)c2cccc(C(=O)O)c2n1C. The molecular weight excluding hydrogens is 208 g/mol. The monoisotopic (exact) mass is 220 g/mol. The summed E-state index contributed by atoms with van der Waals surface area (Å²) in [5, 5.41) is 9.50. The highest BCUT2D eigenvalue weighted by Crippen LogP contribution is 2.16. The van der Waals surface area contributed by atoms with E-state index >= 15 is 0 Å². The van der Waals surface area contributed by atoms with Crippen LogP contribution in [0.1, 0.15) is 17.3 Å². The van der Waals surface area contributed by atoms with Gasteiger partial charge < -0.3 is 5.11 Å². The topological polar surface area (TPSA) is 64.2 Å². The molecule has 1 aromatic heterocycles. The summed E-state index contributed by atoms with van der Waals surface area (Å²) >= 11 is 0. The number of aromatic carboxylic acids is 1. The minimum absolute atomic E-state index is 0.150. The van der Waals surface area contributed by atoms with E-state index in [1.54, 1.807) is 23.9 Å². The summed E-state index contributed by atoms with van der Waals surface area (Å²) in [5.74, 6) is -1.02. The van der Waals surface area contributed by atoms with Crippen molar-refractivity contribution in [3.05, 3.63) is 34.1 Å². The average molecular weight is 220 g/mol. The lowest BCUT2D eigenvalue weighted by atomic mass is 10.1. The van der Waals surface area contributed by atoms with E-state index in [0.717, 1.165) is 0 Å². The Balaban J connectivity index is 2.99. The number of nitrogens with zero attached hydrogens (tertiary/aromatic N) is 2. The Morgan fingerprint density at radius 1 is 1.44 bits per heavy atom. The van der Waals surface area contributed by atoms with Gasteiger partial charge in [-0.15, -0.1) is 0 Å². The van der Waals surface area contributed by atoms with Crippen LogP contribution in [0.25, 0.3) is 10.9 Å². The van der Waals surface area contributed by atoms with Crippen LogP contribution in [-0.4, -0.2) is 20.4 Å². The van der Waals surface area contributed by atoms with Crippen LogP contribution in [0.5, 0.6) is 0 Å². The quantitative estimate of drug-likeness (QED) is 0.823. The van der Waals surface area contributed by atoms with Crippen molar-refractivity contribution in [3.8, 4) is 0 Å². The molecular formula is C11H12N2O3. The van der Waals surface area contributed by atoms with E-state index in [0.29, 0.717) is 17.4 Å². The van der Waals surface area contributed by atoms with Crippen molar-refractivity contribution in [2.45, 2.75) is 13.5 Å². The summed E-state index contributed by atoms with van der Waals surface area (Å²) < 4.78 is 3.11. The van der Waals surface area contributed by atoms with Crippen LogP contribution in [0, 0.1) is 0 Å². The smallest absolute Gasteiger partial charge is 0.337 e. The molecule has 0 unspecified atom stereocenters. The Labute approximate surface area is 91.5 Å². The van der Waals surface area contributed by atoms with Crippen LogP contribution in [0.15, 0.2) is 23.0 Å². The molecule has 0 spiro atoms. The minimum Gasteiger partial charge on any atom is -0.478 e. The first-order valence-electron chi connectivity index (χ1n) is 4.99. The first-order valence-corrected chi connectivity index (χ1v) is 4.99. The summed E-state index contributed by atoms with van der Waals surface area (Å²) in [6.07, 6.45) is 0. The molecule has 0 aliphatic heterocycles. The molecule has 84 valence electrons. The summed E-state index contributed by atoms with van der Waals surface area (Å²) in [7, 11) is 1.69.